The zero-order valence-electron chi connectivity index (χ0n) is 15.2. The third-order valence-corrected chi connectivity index (χ3v) is 6.48. The Kier molecular flexibility index (Phi) is 4.64. The second-order valence-electron chi connectivity index (χ2n) is 7.33. The number of nitrogens with zero attached hydrogens (tertiary/aromatic N) is 6. The number of piperidine rings is 1. The van der Waals surface area contributed by atoms with Crippen molar-refractivity contribution >= 4 is 17.4 Å². The minimum atomic E-state index is -0.00300. The van der Waals surface area contributed by atoms with Gasteiger partial charge < -0.3 is 4.90 Å². The summed E-state index contributed by atoms with van der Waals surface area (Å²) < 4.78 is 7.27. The fourth-order valence-corrected chi connectivity index (χ4v) is 4.82. The van der Waals surface area contributed by atoms with Crippen LogP contribution in [-0.2, 0) is 7.05 Å². The van der Waals surface area contributed by atoms with Crippen LogP contribution in [-0.4, -0.2) is 47.8 Å². The maximum Gasteiger partial charge on any atom is 0.345 e. The van der Waals surface area contributed by atoms with Crippen molar-refractivity contribution in [2.75, 3.05) is 13.1 Å². The zero-order valence-corrected chi connectivity index (χ0v) is 16.0. The van der Waals surface area contributed by atoms with E-state index in [9.17, 15) is 9.59 Å². The van der Waals surface area contributed by atoms with Crippen molar-refractivity contribution in [2.24, 2.45) is 7.05 Å². The Hall–Kier alpha value is -2.03. The number of aryl methyl sites for hydroxylation is 2. The fourth-order valence-electron chi connectivity index (χ4n) is 4.19. The van der Waals surface area contributed by atoms with Gasteiger partial charge in [-0.25, -0.2) is 9.48 Å². The van der Waals surface area contributed by atoms with Crippen molar-refractivity contribution in [3.63, 3.8) is 0 Å². The number of likely N-dealkylation sites (tertiary alicyclic amines) is 1. The van der Waals surface area contributed by atoms with Crippen molar-refractivity contribution in [1.29, 1.82) is 0 Å². The summed E-state index contributed by atoms with van der Waals surface area (Å²) in [5.74, 6) is 1.16. The summed E-state index contributed by atoms with van der Waals surface area (Å²) in [6.45, 7) is 3.17. The van der Waals surface area contributed by atoms with Gasteiger partial charge in [-0.05, 0) is 44.1 Å². The van der Waals surface area contributed by atoms with E-state index in [0.717, 1.165) is 43.0 Å². The summed E-state index contributed by atoms with van der Waals surface area (Å²) in [5, 5.41) is 8.49. The number of aromatic nitrogens is 5. The van der Waals surface area contributed by atoms with Gasteiger partial charge in [-0.2, -0.15) is 5.10 Å². The van der Waals surface area contributed by atoms with Gasteiger partial charge in [0.2, 0.25) is 0 Å². The van der Waals surface area contributed by atoms with Crippen molar-refractivity contribution in [3.8, 4) is 0 Å². The Balaban J connectivity index is 1.50. The van der Waals surface area contributed by atoms with E-state index < -0.39 is 0 Å². The molecule has 9 heteroatoms. The Morgan fingerprint density at radius 3 is 2.46 bits per heavy atom. The standard InChI is InChI=1S/C17H24N6O2S/c1-11-14(26-20-18-11)16(24)22-9-7-12(8-10-22)15-19-21(2)17(25)23(15)13-5-3-4-6-13/h12-13H,3-10H2,1-2H3. The largest absolute Gasteiger partial charge is 0.345 e. The Labute approximate surface area is 156 Å². The quantitative estimate of drug-likeness (QED) is 0.816. The van der Waals surface area contributed by atoms with Crippen LogP contribution in [0.4, 0.5) is 0 Å². The molecule has 0 N–H and O–H groups in total. The second-order valence-corrected chi connectivity index (χ2v) is 8.08. The van der Waals surface area contributed by atoms with Gasteiger partial charge in [0.1, 0.15) is 10.7 Å². The number of amides is 1. The van der Waals surface area contributed by atoms with E-state index >= 15 is 0 Å². The van der Waals surface area contributed by atoms with E-state index in [-0.39, 0.29) is 23.6 Å². The lowest BCUT2D eigenvalue weighted by atomic mass is 9.95. The minimum Gasteiger partial charge on any atom is -0.338 e. The van der Waals surface area contributed by atoms with Gasteiger partial charge in [0.25, 0.3) is 5.91 Å². The van der Waals surface area contributed by atoms with Crippen LogP contribution in [0.1, 0.15) is 71.7 Å². The van der Waals surface area contributed by atoms with Gasteiger partial charge in [-0.1, -0.05) is 17.3 Å². The first-order valence-corrected chi connectivity index (χ1v) is 10.1. The van der Waals surface area contributed by atoms with Crippen molar-refractivity contribution in [3.05, 3.63) is 26.9 Å². The van der Waals surface area contributed by atoms with Gasteiger partial charge in [0, 0.05) is 32.1 Å². The van der Waals surface area contributed by atoms with Crippen LogP contribution in [0.25, 0.3) is 0 Å². The number of carbonyl (C=O) groups is 1. The highest BCUT2D eigenvalue weighted by Crippen LogP contribution is 2.33. The summed E-state index contributed by atoms with van der Waals surface area (Å²) in [6.07, 6.45) is 6.16. The summed E-state index contributed by atoms with van der Waals surface area (Å²) in [4.78, 5) is 27.7. The lowest BCUT2D eigenvalue weighted by Gasteiger charge is -2.31. The molecule has 2 aromatic rings. The number of rotatable bonds is 3. The van der Waals surface area contributed by atoms with Crippen LogP contribution < -0.4 is 5.69 Å². The van der Waals surface area contributed by atoms with Crippen LogP contribution in [0.3, 0.4) is 0 Å². The molecule has 1 aliphatic carbocycles. The summed E-state index contributed by atoms with van der Waals surface area (Å²) >= 11 is 1.16. The van der Waals surface area contributed by atoms with Gasteiger partial charge in [-0.15, -0.1) is 5.10 Å². The van der Waals surface area contributed by atoms with E-state index in [1.54, 1.807) is 7.05 Å². The first-order valence-electron chi connectivity index (χ1n) is 9.30. The van der Waals surface area contributed by atoms with Gasteiger partial charge in [0.05, 0.1) is 5.69 Å². The molecule has 1 amide bonds. The number of hydrogen-bond donors (Lipinski definition) is 0. The first-order chi connectivity index (χ1) is 12.6. The third kappa shape index (κ3) is 2.98. The molecule has 0 radical (unpaired) electrons. The van der Waals surface area contributed by atoms with Crippen molar-refractivity contribution in [1.82, 2.24) is 28.8 Å². The molecule has 1 aliphatic heterocycles. The highest BCUT2D eigenvalue weighted by atomic mass is 32.1. The Morgan fingerprint density at radius 1 is 1.15 bits per heavy atom. The monoisotopic (exact) mass is 376 g/mol. The lowest BCUT2D eigenvalue weighted by Crippen LogP contribution is -2.38. The zero-order chi connectivity index (χ0) is 18.3. The molecule has 2 aliphatic rings. The molecule has 3 heterocycles. The molecule has 140 valence electrons. The van der Waals surface area contributed by atoms with Crippen LogP contribution in [0, 0.1) is 6.92 Å². The molecule has 0 aromatic carbocycles. The number of carbonyl (C=O) groups excluding carboxylic acids is 1. The summed E-state index contributed by atoms with van der Waals surface area (Å²) in [5.41, 5.74) is 0.693. The predicted octanol–water partition coefficient (Wildman–Crippen LogP) is 1.88. The van der Waals surface area contributed by atoms with Gasteiger partial charge in [-0.3, -0.25) is 9.36 Å². The molecule has 0 bridgehead atoms. The van der Waals surface area contributed by atoms with Gasteiger partial charge >= 0.3 is 5.69 Å². The maximum absolute atomic E-state index is 12.6. The Morgan fingerprint density at radius 2 is 1.85 bits per heavy atom. The van der Waals surface area contributed by atoms with E-state index in [2.05, 4.69) is 14.7 Å². The van der Waals surface area contributed by atoms with Crippen molar-refractivity contribution < 1.29 is 4.79 Å². The minimum absolute atomic E-state index is 0.00300. The second kappa shape index (κ2) is 6.94. The lowest BCUT2D eigenvalue weighted by molar-refractivity contribution is 0.0713. The van der Waals surface area contributed by atoms with Crippen LogP contribution in [0.15, 0.2) is 4.79 Å². The van der Waals surface area contributed by atoms with Crippen LogP contribution >= 0.6 is 11.5 Å². The van der Waals surface area contributed by atoms with Gasteiger partial charge in [0.15, 0.2) is 0 Å². The van der Waals surface area contributed by atoms with Crippen molar-refractivity contribution in [2.45, 2.75) is 57.4 Å². The molecular weight excluding hydrogens is 352 g/mol. The molecule has 0 spiro atoms. The van der Waals surface area contributed by atoms with E-state index in [0.29, 0.717) is 23.7 Å². The predicted molar refractivity (Wildman–Crippen MR) is 97.5 cm³/mol. The molecule has 1 saturated carbocycles. The Bertz CT molecular complexity index is 855. The summed E-state index contributed by atoms with van der Waals surface area (Å²) in [6, 6.07) is 0.289. The molecule has 26 heavy (non-hydrogen) atoms. The van der Waals surface area contributed by atoms with Crippen LogP contribution in [0.2, 0.25) is 0 Å². The molecule has 2 aromatic heterocycles. The normalized spacial score (nSPS) is 19.4. The van der Waals surface area contributed by atoms with E-state index in [1.165, 1.54) is 17.5 Å². The molecule has 2 fully saturated rings. The smallest absolute Gasteiger partial charge is 0.338 e. The molecule has 8 nitrogen and oxygen atoms in total. The number of hydrogen-bond acceptors (Lipinski definition) is 6. The summed E-state index contributed by atoms with van der Waals surface area (Å²) in [7, 11) is 1.73. The third-order valence-electron chi connectivity index (χ3n) is 5.67. The van der Waals surface area contributed by atoms with E-state index in [4.69, 9.17) is 0 Å². The topological polar surface area (TPSA) is 85.9 Å². The average Bonchev–Trinajstić information content (AvgIpc) is 3.37. The molecule has 0 unspecified atom stereocenters. The first kappa shape index (κ1) is 17.4. The maximum atomic E-state index is 12.6. The highest BCUT2D eigenvalue weighted by Gasteiger charge is 2.32. The van der Waals surface area contributed by atoms with E-state index in [1.807, 2.05) is 16.4 Å². The molecule has 4 rings (SSSR count). The average molecular weight is 376 g/mol. The highest BCUT2D eigenvalue weighted by molar-refractivity contribution is 7.07. The molecule has 1 saturated heterocycles. The fraction of sp³-hybridized carbons (Fsp3) is 0.706. The van der Waals surface area contributed by atoms with Crippen LogP contribution in [0.5, 0.6) is 0 Å². The SMILES string of the molecule is Cc1nnsc1C(=O)N1CCC(c2nn(C)c(=O)n2C2CCCC2)CC1. The molecular formula is C17H24N6O2S. The molecule has 0 atom stereocenters.